The molecule has 1 atom stereocenters. The predicted molar refractivity (Wildman–Crippen MR) is 120 cm³/mol. The van der Waals surface area contributed by atoms with Gasteiger partial charge in [-0.3, -0.25) is 39.5 Å². The van der Waals surface area contributed by atoms with Gasteiger partial charge in [-0.1, -0.05) is 19.1 Å². The summed E-state index contributed by atoms with van der Waals surface area (Å²) in [5.74, 6) is -1.35. The van der Waals surface area contributed by atoms with Crippen LogP contribution in [0.5, 0.6) is 5.75 Å². The zero-order valence-corrected chi connectivity index (χ0v) is 18.3. The van der Waals surface area contributed by atoms with Gasteiger partial charge in [0.25, 0.3) is 11.6 Å². The lowest BCUT2D eigenvalue weighted by Gasteiger charge is -2.35. The van der Waals surface area contributed by atoms with E-state index < -0.39 is 22.2 Å². The minimum atomic E-state index is -0.810. The third-order valence-corrected chi connectivity index (χ3v) is 6.19. The number of amides is 4. The number of hydrogen-bond acceptors (Lipinski definition) is 7. The molecule has 2 heterocycles. The number of nitrogens with zero attached hydrogens (tertiary/aromatic N) is 2. The van der Waals surface area contributed by atoms with Crippen LogP contribution in [-0.4, -0.2) is 41.7 Å². The molecule has 4 amide bonds. The Morgan fingerprint density at radius 3 is 2.59 bits per heavy atom. The van der Waals surface area contributed by atoms with Crippen LogP contribution in [0.15, 0.2) is 42.5 Å². The average Bonchev–Trinajstić information content (AvgIpc) is 2.81. The topological polar surface area (TPSA) is 148 Å². The Morgan fingerprint density at radius 1 is 1.21 bits per heavy atom. The van der Waals surface area contributed by atoms with Crippen LogP contribution >= 0.6 is 0 Å². The first kappa shape index (κ1) is 22.9. The number of imide groups is 1. The van der Waals surface area contributed by atoms with Crippen LogP contribution in [-0.2, 0) is 24.6 Å². The van der Waals surface area contributed by atoms with E-state index in [1.165, 1.54) is 18.2 Å². The molecule has 11 heteroatoms. The summed E-state index contributed by atoms with van der Waals surface area (Å²) >= 11 is 0. The van der Waals surface area contributed by atoms with E-state index in [0.29, 0.717) is 18.5 Å². The van der Waals surface area contributed by atoms with Crippen molar-refractivity contribution in [2.24, 2.45) is 0 Å². The second kappa shape index (κ2) is 8.93. The number of benzene rings is 2. The molecule has 1 saturated heterocycles. The number of nitro groups is 1. The van der Waals surface area contributed by atoms with Gasteiger partial charge >= 0.3 is 0 Å². The van der Waals surface area contributed by atoms with Crippen molar-refractivity contribution in [1.29, 1.82) is 0 Å². The molecular formula is C23H22N4O7. The molecule has 1 unspecified atom stereocenters. The Balaban J connectivity index is 1.49. The van der Waals surface area contributed by atoms with Gasteiger partial charge in [-0.05, 0) is 36.6 Å². The van der Waals surface area contributed by atoms with Gasteiger partial charge in [0.15, 0.2) is 6.61 Å². The standard InChI is InChI=1S/C23H22N4O7/c1-2-23(10-9-19(28)25-22(23)31)14-3-5-15(6-4-14)24-20(29)12-26-17-11-16(27(32)33)7-8-18(17)34-13-21(26)30/h3-8,11H,2,9-10,12-13H2,1H3,(H,24,29)(H,25,28,31). The molecule has 2 aliphatic heterocycles. The highest BCUT2D eigenvalue weighted by Gasteiger charge is 2.42. The Morgan fingerprint density at radius 2 is 1.94 bits per heavy atom. The van der Waals surface area contributed by atoms with Crippen LogP contribution in [0.1, 0.15) is 31.7 Å². The Hall–Kier alpha value is -4.28. The molecule has 176 valence electrons. The largest absolute Gasteiger partial charge is 0.482 e. The minimum absolute atomic E-state index is 0.152. The summed E-state index contributed by atoms with van der Waals surface area (Å²) in [5.41, 5.74) is 0.305. The fourth-order valence-electron chi connectivity index (χ4n) is 4.26. The second-order valence-corrected chi connectivity index (χ2v) is 8.12. The molecule has 2 aromatic carbocycles. The summed E-state index contributed by atoms with van der Waals surface area (Å²) < 4.78 is 5.31. The summed E-state index contributed by atoms with van der Waals surface area (Å²) in [7, 11) is 0. The first-order valence-electron chi connectivity index (χ1n) is 10.7. The number of anilines is 2. The van der Waals surface area contributed by atoms with E-state index in [1.807, 2.05) is 6.92 Å². The lowest BCUT2D eigenvalue weighted by Crippen LogP contribution is -2.51. The van der Waals surface area contributed by atoms with Crippen LogP contribution in [0, 0.1) is 10.1 Å². The maximum absolute atomic E-state index is 12.7. The number of piperidine rings is 1. The number of ether oxygens (including phenoxy) is 1. The van der Waals surface area contributed by atoms with E-state index in [4.69, 9.17) is 4.74 Å². The summed E-state index contributed by atoms with van der Waals surface area (Å²) in [4.78, 5) is 60.8. The van der Waals surface area contributed by atoms with Crippen LogP contribution < -0.4 is 20.3 Å². The van der Waals surface area contributed by atoms with Crippen molar-refractivity contribution in [3.05, 3.63) is 58.1 Å². The third-order valence-electron chi connectivity index (χ3n) is 6.19. The molecule has 0 aliphatic carbocycles. The molecular weight excluding hydrogens is 444 g/mol. The van der Waals surface area contributed by atoms with Gasteiger partial charge in [0, 0.05) is 24.2 Å². The van der Waals surface area contributed by atoms with Crippen molar-refractivity contribution in [2.75, 3.05) is 23.4 Å². The van der Waals surface area contributed by atoms with E-state index in [1.54, 1.807) is 24.3 Å². The molecule has 0 radical (unpaired) electrons. The lowest BCUT2D eigenvalue weighted by atomic mass is 9.72. The van der Waals surface area contributed by atoms with Crippen molar-refractivity contribution in [3.63, 3.8) is 0 Å². The molecule has 11 nitrogen and oxygen atoms in total. The van der Waals surface area contributed by atoms with Crippen molar-refractivity contribution in [3.8, 4) is 5.75 Å². The summed E-state index contributed by atoms with van der Waals surface area (Å²) in [5, 5.41) is 16.2. The highest BCUT2D eigenvalue weighted by atomic mass is 16.6. The Bertz CT molecular complexity index is 1190. The van der Waals surface area contributed by atoms with Gasteiger partial charge in [0.05, 0.1) is 16.0 Å². The fraction of sp³-hybridized carbons (Fsp3) is 0.304. The number of nitro benzene ring substituents is 1. The molecule has 34 heavy (non-hydrogen) atoms. The molecule has 1 fully saturated rings. The average molecular weight is 466 g/mol. The molecule has 2 aromatic rings. The number of carbonyl (C=O) groups excluding carboxylic acids is 4. The number of carbonyl (C=O) groups is 4. The maximum Gasteiger partial charge on any atom is 0.271 e. The maximum atomic E-state index is 12.7. The van der Waals surface area contributed by atoms with Crippen molar-refractivity contribution in [2.45, 2.75) is 31.6 Å². The van der Waals surface area contributed by atoms with Gasteiger partial charge in [-0.25, -0.2) is 0 Å². The third kappa shape index (κ3) is 4.19. The van der Waals surface area contributed by atoms with E-state index in [-0.39, 0.29) is 48.5 Å². The number of rotatable bonds is 6. The highest BCUT2D eigenvalue weighted by molar-refractivity contribution is 6.05. The van der Waals surface area contributed by atoms with E-state index in [0.717, 1.165) is 10.5 Å². The Kier molecular flexibility index (Phi) is 6.01. The summed E-state index contributed by atoms with van der Waals surface area (Å²) in [6.45, 7) is 1.24. The zero-order valence-electron chi connectivity index (χ0n) is 18.3. The predicted octanol–water partition coefficient (Wildman–Crippen LogP) is 2.04. The molecule has 2 aliphatic rings. The van der Waals surface area contributed by atoms with E-state index in [2.05, 4.69) is 10.6 Å². The number of hydrogen-bond donors (Lipinski definition) is 2. The van der Waals surface area contributed by atoms with Crippen molar-refractivity contribution in [1.82, 2.24) is 5.32 Å². The minimum Gasteiger partial charge on any atom is -0.482 e. The van der Waals surface area contributed by atoms with Crippen LogP contribution in [0.3, 0.4) is 0 Å². The fourth-order valence-corrected chi connectivity index (χ4v) is 4.26. The number of nitrogens with one attached hydrogen (secondary N) is 2. The van der Waals surface area contributed by atoms with E-state index >= 15 is 0 Å². The van der Waals surface area contributed by atoms with Crippen LogP contribution in [0.4, 0.5) is 17.1 Å². The molecule has 2 N–H and O–H groups in total. The quantitative estimate of drug-likeness (QED) is 0.376. The van der Waals surface area contributed by atoms with Gasteiger partial charge in [-0.2, -0.15) is 0 Å². The number of fused-ring (bicyclic) bond motifs is 1. The Labute approximate surface area is 194 Å². The monoisotopic (exact) mass is 466 g/mol. The van der Waals surface area contributed by atoms with Crippen LogP contribution in [0.25, 0.3) is 0 Å². The van der Waals surface area contributed by atoms with Crippen LogP contribution in [0.2, 0.25) is 0 Å². The lowest BCUT2D eigenvalue weighted by molar-refractivity contribution is -0.384. The molecule has 0 spiro atoms. The molecule has 0 saturated carbocycles. The SMILES string of the molecule is CCC1(c2ccc(NC(=O)CN3C(=O)COc4ccc([N+](=O)[O-])cc43)cc2)CCC(=O)NC1=O. The second-order valence-electron chi connectivity index (χ2n) is 8.12. The van der Waals surface area contributed by atoms with Crippen molar-refractivity contribution < 1.29 is 28.8 Å². The van der Waals surface area contributed by atoms with Gasteiger partial charge in [0.1, 0.15) is 12.3 Å². The van der Waals surface area contributed by atoms with E-state index in [9.17, 15) is 29.3 Å². The van der Waals surface area contributed by atoms with Crippen molar-refractivity contribution >= 4 is 40.7 Å². The van der Waals surface area contributed by atoms with Gasteiger partial charge < -0.3 is 10.1 Å². The van der Waals surface area contributed by atoms with Gasteiger partial charge in [-0.15, -0.1) is 0 Å². The first-order valence-corrected chi connectivity index (χ1v) is 10.7. The summed E-state index contributed by atoms with van der Waals surface area (Å²) in [6, 6.07) is 10.6. The zero-order chi connectivity index (χ0) is 24.5. The number of non-ortho nitro benzene ring substituents is 1. The highest BCUT2D eigenvalue weighted by Crippen LogP contribution is 2.37. The molecule has 0 bridgehead atoms. The first-order chi connectivity index (χ1) is 16.2. The molecule has 4 rings (SSSR count). The van der Waals surface area contributed by atoms with Gasteiger partial charge in [0.2, 0.25) is 17.7 Å². The normalized spacial score (nSPS) is 19.7. The smallest absolute Gasteiger partial charge is 0.271 e. The summed E-state index contributed by atoms with van der Waals surface area (Å²) in [6.07, 6.45) is 1.18. The molecule has 0 aromatic heterocycles.